The third-order valence-electron chi connectivity index (χ3n) is 5.33. The smallest absolute Gasteiger partial charge is 0.254 e. The predicted molar refractivity (Wildman–Crippen MR) is 113 cm³/mol. The zero-order valence-electron chi connectivity index (χ0n) is 17.6. The van der Waals surface area contributed by atoms with Crippen molar-refractivity contribution in [1.29, 1.82) is 0 Å². The second kappa shape index (κ2) is 9.82. The lowest BCUT2D eigenvalue weighted by Crippen LogP contribution is -2.49. The van der Waals surface area contributed by atoms with Gasteiger partial charge >= 0.3 is 0 Å². The molecular formula is C23H28FN3O3. The molecule has 1 aliphatic heterocycles. The van der Waals surface area contributed by atoms with Crippen LogP contribution in [0.4, 0.5) is 4.39 Å². The first-order chi connectivity index (χ1) is 14.4. The van der Waals surface area contributed by atoms with Crippen LogP contribution in [-0.2, 0) is 9.53 Å². The van der Waals surface area contributed by atoms with E-state index in [0.717, 1.165) is 0 Å². The number of methoxy groups -OCH3 is 1. The molecule has 160 valence electrons. The number of nitrogens with one attached hydrogen (secondary N) is 1. The Morgan fingerprint density at radius 3 is 2.53 bits per heavy atom. The van der Waals surface area contributed by atoms with E-state index in [1.54, 1.807) is 36.3 Å². The Morgan fingerprint density at radius 2 is 1.87 bits per heavy atom. The predicted octanol–water partition coefficient (Wildman–Crippen LogP) is 2.43. The fourth-order valence-corrected chi connectivity index (χ4v) is 3.85. The van der Waals surface area contributed by atoms with Gasteiger partial charge < -0.3 is 19.9 Å². The number of likely N-dealkylation sites (N-methyl/N-ethyl adjacent to an activating group) is 1. The minimum atomic E-state index is -0.608. The molecule has 0 radical (unpaired) electrons. The van der Waals surface area contributed by atoms with Crippen LogP contribution >= 0.6 is 0 Å². The molecule has 0 spiro atoms. The average molecular weight is 413 g/mol. The third-order valence-corrected chi connectivity index (χ3v) is 5.33. The number of benzene rings is 2. The first kappa shape index (κ1) is 21.9. The van der Waals surface area contributed by atoms with Crippen molar-refractivity contribution in [3.63, 3.8) is 0 Å². The summed E-state index contributed by atoms with van der Waals surface area (Å²) in [5.41, 5.74) is 1.91. The van der Waals surface area contributed by atoms with E-state index in [0.29, 0.717) is 42.9 Å². The van der Waals surface area contributed by atoms with Gasteiger partial charge in [0.05, 0.1) is 18.6 Å². The Balaban J connectivity index is 2.06. The van der Waals surface area contributed by atoms with E-state index in [2.05, 4.69) is 5.32 Å². The average Bonchev–Trinajstić information content (AvgIpc) is 2.73. The molecule has 0 saturated heterocycles. The van der Waals surface area contributed by atoms with Crippen LogP contribution in [0.1, 0.15) is 33.4 Å². The van der Waals surface area contributed by atoms with Gasteiger partial charge in [-0.3, -0.25) is 9.59 Å². The lowest BCUT2D eigenvalue weighted by atomic mass is 9.79. The summed E-state index contributed by atoms with van der Waals surface area (Å²) in [5, 5.41) is 3.00. The second-order valence-corrected chi connectivity index (χ2v) is 7.65. The molecule has 3 rings (SSSR count). The lowest BCUT2D eigenvalue weighted by molar-refractivity contribution is -0.124. The highest BCUT2D eigenvalue weighted by molar-refractivity contribution is 6.01. The molecule has 0 aliphatic carbocycles. The fraction of sp³-hybridized carbons (Fsp3) is 0.391. The first-order valence-electron chi connectivity index (χ1n) is 10.0. The van der Waals surface area contributed by atoms with E-state index in [1.807, 2.05) is 31.1 Å². The molecule has 2 aromatic rings. The van der Waals surface area contributed by atoms with Crippen LogP contribution in [-0.4, -0.2) is 69.1 Å². The lowest BCUT2D eigenvalue weighted by Gasteiger charge is -2.41. The first-order valence-corrected chi connectivity index (χ1v) is 10.0. The summed E-state index contributed by atoms with van der Waals surface area (Å²) in [6.45, 7) is 1.86. The SMILES string of the molecule is COCCN1C(=O)c2ccccc2[C@H](C(=O)NCCN(C)C)[C@@H]1c1ccc(F)cc1. The van der Waals surface area contributed by atoms with E-state index in [9.17, 15) is 14.0 Å². The number of carbonyl (C=O) groups is 2. The molecule has 6 nitrogen and oxygen atoms in total. The van der Waals surface area contributed by atoms with Crippen molar-refractivity contribution < 1.29 is 18.7 Å². The largest absolute Gasteiger partial charge is 0.383 e. The number of halogens is 1. The minimum absolute atomic E-state index is 0.158. The van der Waals surface area contributed by atoms with Gasteiger partial charge in [-0.2, -0.15) is 0 Å². The topological polar surface area (TPSA) is 61.9 Å². The zero-order chi connectivity index (χ0) is 21.7. The molecule has 0 fully saturated rings. The van der Waals surface area contributed by atoms with Crippen LogP contribution in [0.25, 0.3) is 0 Å². The van der Waals surface area contributed by atoms with Gasteiger partial charge in [-0.25, -0.2) is 4.39 Å². The minimum Gasteiger partial charge on any atom is -0.383 e. The zero-order valence-corrected chi connectivity index (χ0v) is 17.6. The normalized spacial score (nSPS) is 18.4. The number of carbonyl (C=O) groups excluding carboxylic acids is 2. The summed E-state index contributed by atoms with van der Waals surface area (Å²) in [6, 6.07) is 12.6. The number of hydrogen-bond acceptors (Lipinski definition) is 4. The molecule has 2 aromatic carbocycles. The maximum Gasteiger partial charge on any atom is 0.254 e. The van der Waals surface area contributed by atoms with Crippen molar-refractivity contribution in [3.8, 4) is 0 Å². The van der Waals surface area contributed by atoms with Crippen molar-refractivity contribution >= 4 is 11.8 Å². The van der Waals surface area contributed by atoms with Crippen molar-refractivity contribution in [3.05, 3.63) is 71.0 Å². The van der Waals surface area contributed by atoms with Crippen LogP contribution < -0.4 is 5.32 Å². The molecule has 30 heavy (non-hydrogen) atoms. The van der Waals surface area contributed by atoms with Crippen LogP contribution in [0.15, 0.2) is 48.5 Å². The summed E-state index contributed by atoms with van der Waals surface area (Å²) in [7, 11) is 5.45. The molecule has 2 amide bonds. The van der Waals surface area contributed by atoms with Crippen molar-refractivity contribution in [2.45, 2.75) is 12.0 Å². The molecule has 0 saturated carbocycles. The molecule has 1 heterocycles. The van der Waals surface area contributed by atoms with Gasteiger partial charge in [0.15, 0.2) is 0 Å². The van der Waals surface area contributed by atoms with Crippen LogP contribution in [0.3, 0.4) is 0 Å². The molecule has 2 atom stereocenters. The standard InChI is InChI=1S/C23H28FN3O3/c1-26(2)13-12-25-22(28)20-18-6-4-5-7-19(18)23(29)27(14-15-30-3)21(20)16-8-10-17(24)11-9-16/h4-11,20-21H,12-15H2,1-3H3,(H,25,28)/t20-,21-/m0/s1. The Morgan fingerprint density at radius 1 is 1.17 bits per heavy atom. The fourth-order valence-electron chi connectivity index (χ4n) is 3.85. The molecule has 0 aromatic heterocycles. The summed E-state index contributed by atoms with van der Waals surface area (Å²) in [6.07, 6.45) is 0. The molecule has 0 bridgehead atoms. The van der Waals surface area contributed by atoms with Gasteiger partial charge in [0.2, 0.25) is 5.91 Å². The summed E-state index contributed by atoms with van der Waals surface area (Å²) >= 11 is 0. The number of amides is 2. The summed E-state index contributed by atoms with van der Waals surface area (Å²) in [5.74, 6) is -1.29. The molecule has 1 N–H and O–H groups in total. The van der Waals surface area contributed by atoms with Crippen LogP contribution in [0, 0.1) is 5.82 Å². The van der Waals surface area contributed by atoms with Crippen molar-refractivity contribution in [2.24, 2.45) is 0 Å². The monoisotopic (exact) mass is 413 g/mol. The molecule has 0 unspecified atom stereocenters. The highest BCUT2D eigenvalue weighted by Gasteiger charge is 2.43. The van der Waals surface area contributed by atoms with E-state index in [1.165, 1.54) is 12.1 Å². The number of fused-ring (bicyclic) bond motifs is 1. The van der Waals surface area contributed by atoms with E-state index >= 15 is 0 Å². The summed E-state index contributed by atoms with van der Waals surface area (Å²) in [4.78, 5) is 30.3. The molecule has 7 heteroatoms. The Hall–Kier alpha value is -2.77. The Labute approximate surface area is 176 Å². The van der Waals surface area contributed by atoms with Gasteiger partial charge in [-0.15, -0.1) is 0 Å². The maximum atomic E-state index is 13.6. The maximum absolute atomic E-state index is 13.6. The van der Waals surface area contributed by atoms with Gasteiger partial charge in [0, 0.05) is 32.3 Å². The van der Waals surface area contributed by atoms with Crippen molar-refractivity contribution in [2.75, 3.05) is 47.4 Å². The molecular weight excluding hydrogens is 385 g/mol. The highest BCUT2D eigenvalue weighted by atomic mass is 19.1. The Bertz CT molecular complexity index is 886. The highest BCUT2D eigenvalue weighted by Crippen LogP contribution is 2.42. The van der Waals surface area contributed by atoms with Gasteiger partial charge in [-0.05, 0) is 43.4 Å². The number of hydrogen-bond donors (Lipinski definition) is 1. The third kappa shape index (κ3) is 4.68. The summed E-state index contributed by atoms with van der Waals surface area (Å²) < 4.78 is 18.8. The number of ether oxygens (including phenoxy) is 1. The molecule has 1 aliphatic rings. The van der Waals surface area contributed by atoms with Gasteiger partial charge in [-0.1, -0.05) is 30.3 Å². The number of rotatable bonds is 8. The van der Waals surface area contributed by atoms with Crippen LogP contribution in [0.2, 0.25) is 0 Å². The van der Waals surface area contributed by atoms with Gasteiger partial charge in [0.25, 0.3) is 5.91 Å². The number of nitrogens with zero attached hydrogens (tertiary/aromatic N) is 2. The van der Waals surface area contributed by atoms with Gasteiger partial charge in [0.1, 0.15) is 5.82 Å². The quantitative estimate of drug-likeness (QED) is 0.722. The van der Waals surface area contributed by atoms with E-state index < -0.39 is 12.0 Å². The van der Waals surface area contributed by atoms with Crippen LogP contribution in [0.5, 0.6) is 0 Å². The second-order valence-electron chi connectivity index (χ2n) is 7.65. The Kier molecular flexibility index (Phi) is 7.18. The van der Waals surface area contributed by atoms with Crippen molar-refractivity contribution in [1.82, 2.24) is 15.1 Å². The van der Waals surface area contributed by atoms with E-state index in [4.69, 9.17) is 4.74 Å². The van der Waals surface area contributed by atoms with E-state index in [-0.39, 0.29) is 17.6 Å².